The maximum absolute atomic E-state index is 12.8. The molecule has 0 bridgehead atoms. The van der Waals surface area contributed by atoms with Crippen molar-refractivity contribution in [1.82, 2.24) is 9.55 Å². The largest absolute Gasteiger partial charge is 0.464 e. The van der Waals surface area contributed by atoms with E-state index in [-0.39, 0.29) is 11.5 Å². The third-order valence-electron chi connectivity index (χ3n) is 4.48. The first-order valence-electron chi connectivity index (χ1n) is 7.33. The van der Waals surface area contributed by atoms with Crippen LogP contribution in [0.1, 0.15) is 36.2 Å². The van der Waals surface area contributed by atoms with Crippen molar-refractivity contribution < 1.29 is 9.53 Å². The number of thiophene rings is 1. The summed E-state index contributed by atoms with van der Waals surface area (Å²) in [6, 6.07) is -0.507. The quantitative estimate of drug-likeness (QED) is 0.757. The van der Waals surface area contributed by atoms with Gasteiger partial charge in [0.2, 0.25) is 0 Å². The smallest absolute Gasteiger partial charge is 0.329 e. The van der Waals surface area contributed by atoms with E-state index in [0.717, 1.165) is 35.0 Å². The number of hydrogen-bond donors (Lipinski definition) is 0. The molecule has 1 aliphatic heterocycles. The molecule has 0 saturated carbocycles. The van der Waals surface area contributed by atoms with Gasteiger partial charge in [-0.3, -0.25) is 9.36 Å². The van der Waals surface area contributed by atoms with Gasteiger partial charge < -0.3 is 4.74 Å². The van der Waals surface area contributed by atoms with E-state index in [1.54, 1.807) is 11.3 Å². The molecular weight excluding hydrogens is 288 g/mol. The average Bonchev–Trinajstić information content (AvgIpc) is 3.02. The second-order valence-electron chi connectivity index (χ2n) is 5.96. The van der Waals surface area contributed by atoms with Gasteiger partial charge in [-0.15, -0.1) is 11.3 Å². The van der Waals surface area contributed by atoms with Crippen molar-refractivity contribution >= 4 is 27.5 Å². The lowest BCUT2D eigenvalue weighted by Gasteiger charge is -2.17. The molecule has 0 radical (unpaired) electrons. The number of esters is 1. The number of carbonyl (C=O) groups is 1. The van der Waals surface area contributed by atoms with Crippen LogP contribution in [0.4, 0.5) is 0 Å². The number of carbonyl (C=O) groups excluding carboxylic acids is 1. The van der Waals surface area contributed by atoms with E-state index >= 15 is 0 Å². The van der Waals surface area contributed by atoms with Gasteiger partial charge in [0, 0.05) is 11.3 Å². The Labute approximate surface area is 125 Å². The van der Waals surface area contributed by atoms with Gasteiger partial charge in [0.1, 0.15) is 10.9 Å². The fraction of sp³-hybridized carbons (Fsp3) is 0.533. The molecule has 2 atom stereocenters. The summed E-state index contributed by atoms with van der Waals surface area (Å²) in [5.41, 5.74) is 1.07. The molecule has 3 heterocycles. The Morgan fingerprint density at radius 1 is 1.38 bits per heavy atom. The van der Waals surface area contributed by atoms with E-state index in [1.165, 1.54) is 15.8 Å². The summed E-state index contributed by atoms with van der Waals surface area (Å²) < 4.78 is 6.43. The fourth-order valence-corrected chi connectivity index (χ4v) is 4.64. The zero-order valence-electron chi connectivity index (χ0n) is 11.8. The first-order valence-corrected chi connectivity index (χ1v) is 8.15. The number of cyclic esters (lactones) is 1. The molecule has 0 spiro atoms. The van der Waals surface area contributed by atoms with Gasteiger partial charge in [0.15, 0.2) is 0 Å². The Hall–Kier alpha value is -1.69. The Balaban J connectivity index is 1.91. The molecule has 1 aliphatic carbocycles. The monoisotopic (exact) mass is 304 g/mol. The lowest BCUT2D eigenvalue weighted by atomic mass is 9.89. The van der Waals surface area contributed by atoms with Crippen molar-refractivity contribution in [2.24, 2.45) is 5.92 Å². The van der Waals surface area contributed by atoms with Crippen LogP contribution < -0.4 is 5.56 Å². The van der Waals surface area contributed by atoms with Crippen LogP contribution in [0.15, 0.2) is 11.1 Å². The molecule has 0 aromatic carbocycles. The van der Waals surface area contributed by atoms with Crippen LogP contribution in [0.2, 0.25) is 0 Å². The number of aromatic nitrogens is 2. The van der Waals surface area contributed by atoms with Gasteiger partial charge in [-0.1, -0.05) is 6.92 Å². The van der Waals surface area contributed by atoms with Crippen molar-refractivity contribution in [3.63, 3.8) is 0 Å². The third-order valence-corrected chi connectivity index (χ3v) is 5.65. The van der Waals surface area contributed by atoms with E-state index in [4.69, 9.17) is 4.74 Å². The Morgan fingerprint density at radius 2 is 2.24 bits per heavy atom. The molecule has 21 heavy (non-hydrogen) atoms. The summed E-state index contributed by atoms with van der Waals surface area (Å²) in [7, 11) is 0. The standard InChI is InChI=1S/C15H16N2O3S/c1-8-2-3-9-11(6-8)21-13-12(9)14(18)17(7-16-13)10-4-5-20-15(10)19/h7-8,10H,2-6H2,1H3. The second-order valence-corrected chi connectivity index (χ2v) is 7.04. The first kappa shape index (κ1) is 13.0. The van der Waals surface area contributed by atoms with Gasteiger partial charge in [0.05, 0.1) is 18.3 Å². The van der Waals surface area contributed by atoms with Crippen LogP contribution in [0.25, 0.3) is 10.2 Å². The molecule has 1 fully saturated rings. The minimum Gasteiger partial charge on any atom is -0.464 e. The highest BCUT2D eigenvalue weighted by atomic mass is 32.1. The molecule has 2 aromatic heterocycles. The molecular formula is C15H16N2O3S. The summed E-state index contributed by atoms with van der Waals surface area (Å²) >= 11 is 1.63. The first-order chi connectivity index (χ1) is 10.1. The molecule has 6 heteroatoms. The summed E-state index contributed by atoms with van der Waals surface area (Å²) in [6.45, 7) is 2.63. The molecule has 2 unspecified atom stereocenters. The van der Waals surface area contributed by atoms with Gasteiger partial charge in [-0.25, -0.2) is 9.78 Å². The Bertz CT molecular complexity index is 792. The summed E-state index contributed by atoms with van der Waals surface area (Å²) in [4.78, 5) is 31.0. The third kappa shape index (κ3) is 1.92. The molecule has 5 nitrogen and oxygen atoms in total. The van der Waals surface area contributed by atoms with Gasteiger partial charge in [0.25, 0.3) is 5.56 Å². The molecule has 1 saturated heterocycles. The number of fused-ring (bicyclic) bond motifs is 3. The van der Waals surface area contributed by atoms with Crippen LogP contribution in [0, 0.1) is 5.92 Å². The van der Waals surface area contributed by atoms with Crippen molar-refractivity contribution in [1.29, 1.82) is 0 Å². The summed E-state index contributed by atoms with van der Waals surface area (Å²) in [6.07, 6.45) is 5.13. The van der Waals surface area contributed by atoms with Gasteiger partial charge in [-0.2, -0.15) is 0 Å². The number of hydrogen-bond acceptors (Lipinski definition) is 5. The second kappa shape index (κ2) is 4.66. The van der Waals surface area contributed by atoms with Crippen LogP contribution in [0.5, 0.6) is 0 Å². The average molecular weight is 304 g/mol. The van der Waals surface area contributed by atoms with E-state index < -0.39 is 6.04 Å². The molecule has 0 amide bonds. The van der Waals surface area contributed by atoms with Crippen LogP contribution >= 0.6 is 11.3 Å². The predicted octanol–water partition coefficient (Wildman–Crippen LogP) is 2.07. The highest BCUT2D eigenvalue weighted by Crippen LogP contribution is 2.35. The summed E-state index contributed by atoms with van der Waals surface area (Å²) in [5, 5.41) is 0.726. The molecule has 110 valence electrons. The lowest BCUT2D eigenvalue weighted by Crippen LogP contribution is -2.28. The molecule has 2 aliphatic rings. The topological polar surface area (TPSA) is 61.2 Å². The van der Waals surface area contributed by atoms with E-state index in [2.05, 4.69) is 11.9 Å². The number of aryl methyl sites for hydroxylation is 1. The molecule has 4 rings (SSSR count). The minimum absolute atomic E-state index is 0.0871. The SMILES string of the molecule is CC1CCc2c(sc3ncn(C4CCOC4=O)c(=O)c23)C1. The fourth-order valence-electron chi connectivity index (χ4n) is 3.30. The Morgan fingerprint density at radius 3 is 3.00 bits per heavy atom. The zero-order chi connectivity index (χ0) is 14.6. The van der Waals surface area contributed by atoms with Crippen molar-refractivity contribution in [3.05, 3.63) is 27.1 Å². The highest BCUT2D eigenvalue weighted by Gasteiger charge is 2.31. The highest BCUT2D eigenvalue weighted by molar-refractivity contribution is 7.18. The zero-order valence-corrected chi connectivity index (χ0v) is 12.6. The van der Waals surface area contributed by atoms with Gasteiger partial charge in [-0.05, 0) is 30.7 Å². The molecule has 0 N–H and O–H groups in total. The Kier molecular flexibility index (Phi) is 2.89. The van der Waals surface area contributed by atoms with Crippen molar-refractivity contribution in [2.75, 3.05) is 6.61 Å². The van der Waals surface area contributed by atoms with Crippen LogP contribution in [0.3, 0.4) is 0 Å². The summed E-state index contributed by atoms with van der Waals surface area (Å²) in [5.74, 6) is 0.341. The van der Waals surface area contributed by atoms with E-state index in [1.807, 2.05) is 0 Å². The maximum atomic E-state index is 12.8. The van der Waals surface area contributed by atoms with E-state index in [9.17, 15) is 9.59 Å². The van der Waals surface area contributed by atoms with Crippen molar-refractivity contribution in [3.8, 4) is 0 Å². The predicted molar refractivity (Wildman–Crippen MR) is 79.7 cm³/mol. The number of rotatable bonds is 1. The van der Waals surface area contributed by atoms with Gasteiger partial charge >= 0.3 is 5.97 Å². The minimum atomic E-state index is -0.507. The molecule has 2 aromatic rings. The number of ether oxygens (including phenoxy) is 1. The van der Waals surface area contributed by atoms with Crippen molar-refractivity contribution in [2.45, 2.75) is 38.6 Å². The maximum Gasteiger partial charge on any atom is 0.329 e. The lowest BCUT2D eigenvalue weighted by molar-refractivity contribution is -0.140. The number of nitrogens with zero attached hydrogens (tertiary/aromatic N) is 2. The van der Waals surface area contributed by atoms with E-state index in [0.29, 0.717) is 18.9 Å². The normalized spacial score (nSPS) is 25.1. The van der Waals surface area contributed by atoms with Crippen LogP contribution in [-0.4, -0.2) is 22.1 Å². The van der Waals surface area contributed by atoms with Crippen LogP contribution in [-0.2, 0) is 22.4 Å².